The molecule has 42 heavy (non-hydrogen) atoms. The molecule has 1 aliphatic heterocycles. The molecule has 3 rings (SSSR count). The maximum absolute atomic E-state index is 13.7. The molecule has 2 aromatic rings. The number of nitrogens with zero attached hydrogens (tertiary/aromatic N) is 2. The predicted octanol–water partition coefficient (Wildman–Crippen LogP) is 5.99. The number of alkyl halides is 2. The van der Waals surface area contributed by atoms with E-state index in [0.717, 1.165) is 16.0 Å². The summed E-state index contributed by atoms with van der Waals surface area (Å²) >= 11 is 0. The van der Waals surface area contributed by atoms with Gasteiger partial charge in [0.25, 0.3) is 5.91 Å². The van der Waals surface area contributed by atoms with Crippen LogP contribution in [0.4, 0.5) is 19.3 Å². The Labute approximate surface area is 245 Å². The highest BCUT2D eigenvalue weighted by molar-refractivity contribution is 6.02. The first kappa shape index (κ1) is 32.6. The summed E-state index contributed by atoms with van der Waals surface area (Å²) in [6, 6.07) is 7.52. The molecule has 0 radical (unpaired) electrons. The number of esters is 1. The van der Waals surface area contributed by atoms with E-state index in [1.54, 1.807) is 49.9 Å². The minimum absolute atomic E-state index is 0.00877. The quantitative estimate of drug-likeness (QED) is 0.314. The van der Waals surface area contributed by atoms with Gasteiger partial charge in [-0.15, -0.1) is 0 Å². The lowest BCUT2D eigenvalue weighted by atomic mass is 10.0. The second-order valence-electron chi connectivity index (χ2n) is 11.5. The third-order valence-electron chi connectivity index (χ3n) is 7.00. The average Bonchev–Trinajstić information content (AvgIpc) is 3.34. The summed E-state index contributed by atoms with van der Waals surface area (Å²) in [5.74, 6) is -0.346. The number of benzene rings is 2. The lowest BCUT2D eigenvalue weighted by Crippen LogP contribution is -2.51. The standard InChI is InChI=1S/C31H40F2N2O7/c1-18(2)21-10-9-20(15-26(21)41-29(32)33)17-40-25-12-11-23-22(19(25)3)13-14-35(23)28(37)24(16-27(36)39-8)34(7)30(38)42-31(4,5)6/h9-12,15,18,24,29H,13-14,16-17H2,1-8H3/t24-/m1/s1. The van der Waals surface area contributed by atoms with E-state index in [0.29, 0.717) is 35.5 Å². The van der Waals surface area contributed by atoms with Crippen LogP contribution < -0.4 is 14.4 Å². The van der Waals surface area contributed by atoms with E-state index in [4.69, 9.17) is 18.9 Å². The summed E-state index contributed by atoms with van der Waals surface area (Å²) < 4.78 is 46.9. The number of ether oxygens (including phenoxy) is 4. The Hall–Kier alpha value is -3.89. The maximum atomic E-state index is 13.7. The van der Waals surface area contributed by atoms with Gasteiger partial charge in [-0.05, 0) is 80.5 Å². The molecule has 230 valence electrons. The molecule has 0 bridgehead atoms. The third kappa shape index (κ3) is 7.89. The summed E-state index contributed by atoms with van der Waals surface area (Å²) in [5.41, 5.74) is 2.95. The van der Waals surface area contributed by atoms with Crippen LogP contribution in [0.25, 0.3) is 0 Å². The Kier molecular flexibility index (Phi) is 10.4. The van der Waals surface area contributed by atoms with Gasteiger partial charge in [0.2, 0.25) is 0 Å². The summed E-state index contributed by atoms with van der Waals surface area (Å²) in [6.07, 6.45) is -0.516. The molecular weight excluding hydrogens is 550 g/mol. The predicted molar refractivity (Wildman–Crippen MR) is 153 cm³/mol. The van der Waals surface area contributed by atoms with Crippen LogP contribution in [0.3, 0.4) is 0 Å². The number of rotatable bonds is 10. The number of hydrogen-bond donors (Lipinski definition) is 0. The molecule has 0 saturated heterocycles. The molecule has 0 unspecified atom stereocenters. The number of likely N-dealkylation sites (N-methyl/N-ethyl adjacent to an activating group) is 1. The van der Waals surface area contributed by atoms with Crippen LogP contribution in [-0.2, 0) is 32.1 Å². The van der Waals surface area contributed by atoms with Gasteiger partial charge in [-0.2, -0.15) is 8.78 Å². The fraction of sp³-hybridized carbons (Fsp3) is 0.516. The number of hydrogen-bond acceptors (Lipinski definition) is 7. The molecule has 1 atom stereocenters. The number of fused-ring (bicyclic) bond motifs is 1. The highest BCUT2D eigenvalue weighted by atomic mass is 19.3. The van der Waals surface area contributed by atoms with Crippen molar-refractivity contribution in [3.8, 4) is 11.5 Å². The van der Waals surface area contributed by atoms with Gasteiger partial charge in [-0.1, -0.05) is 26.0 Å². The van der Waals surface area contributed by atoms with E-state index in [-0.39, 0.29) is 24.7 Å². The van der Waals surface area contributed by atoms with Gasteiger partial charge in [-0.25, -0.2) is 4.79 Å². The largest absolute Gasteiger partial charge is 0.489 e. The third-order valence-corrected chi connectivity index (χ3v) is 7.00. The van der Waals surface area contributed by atoms with E-state index in [9.17, 15) is 23.2 Å². The fourth-order valence-electron chi connectivity index (χ4n) is 4.80. The van der Waals surface area contributed by atoms with Crippen LogP contribution in [0, 0.1) is 6.92 Å². The second-order valence-corrected chi connectivity index (χ2v) is 11.5. The van der Waals surface area contributed by atoms with Crippen molar-refractivity contribution in [3.63, 3.8) is 0 Å². The number of carbonyl (C=O) groups excluding carboxylic acids is 3. The molecule has 2 aromatic carbocycles. The fourth-order valence-corrected chi connectivity index (χ4v) is 4.80. The van der Waals surface area contributed by atoms with Crippen molar-refractivity contribution in [2.45, 2.75) is 85.2 Å². The number of carbonyl (C=O) groups is 3. The minimum Gasteiger partial charge on any atom is -0.489 e. The molecule has 0 fully saturated rings. The topological polar surface area (TPSA) is 94.6 Å². The Morgan fingerprint density at radius 1 is 1.07 bits per heavy atom. The zero-order valence-electron chi connectivity index (χ0n) is 25.5. The van der Waals surface area contributed by atoms with Crippen molar-refractivity contribution in [1.29, 1.82) is 0 Å². The Balaban J connectivity index is 1.81. The lowest BCUT2D eigenvalue weighted by molar-refractivity contribution is -0.144. The molecule has 2 amide bonds. The van der Waals surface area contributed by atoms with Crippen molar-refractivity contribution in [1.82, 2.24) is 4.90 Å². The van der Waals surface area contributed by atoms with Crippen LogP contribution in [0.2, 0.25) is 0 Å². The van der Waals surface area contributed by atoms with Gasteiger partial charge in [0, 0.05) is 19.3 Å². The Morgan fingerprint density at radius 2 is 1.76 bits per heavy atom. The van der Waals surface area contributed by atoms with Crippen LogP contribution in [-0.4, -0.2) is 61.8 Å². The zero-order valence-corrected chi connectivity index (χ0v) is 25.5. The lowest BCUT2D eigenvalue weighted by Gasteiger charge is -2.32. The average molecular weight is 591 g/mol. The SMILES string of the molecule is COC(=O)C[C@H](C(=O)N1CCc2c1ccc(OCc1ccc(C(C)C)c(OC(F)F)c1)c2C)N(C)C(=O)OC(C)(C)C. The Morgan fingerprint density at radius 3 is 2.36 bits per heavy atom. The Bertz CT molecular complexity index is 1310. The first-order valence-corrected chi connectivity index (χ1v) is 13.8. The molecule has 1 heterocycles. The second kappa shape index (κ2) is 13.4. The number of anilines is 1. The van der Waals surface area contributed by atoms with Gasteiger partial charge in [0.1, 0.15) is 29.7 Å². The van der Waals surface area contributed by atoms with Crippen LogP contribution in [0.1, 0.15) is 69.2 Å². The minimum atomic E-state index is -2.93. The molecule has 0 aromatic heterocycles. The number of amides is 2. The van der Waals surface area contributed by atoms with Crippen molar-refractivity contribution in [3.05, 3.63) is 52.6 Å². The van der Waals surface area contributed by atoms with Crippen molar-refractivity contribution < 1.29 is 42.1 Å². The van der Waals surface area contributed by atoms with Crippen molar-refractivity contribution in [2.24, 2.45) is 0 Å². The highest BCUT2D eigenvalue weighted by Crippen LogP contribution is 2.37. The monoisotopic (exact) mass is 590 g/mol. The highest BCUT2D eigenvalue weighted by Gasteiger charge is 2.38. The molecular formula is C31H40F2N2O7. The summed E-state index contributed by atoms with van der Waals surface area (Å²) in [6.45, 7) is 8.38. The summed E-state index contributed by atoms with van der Waals surface area (Å²) in [7, 11) is 2.64. The normalized spacial score (nSPS) is 13.6. The molecule has 0 saturated carbocycles. The van der Waals surface area contributed by atoms with E-state index < -0.39 is 36.2 Å². The molecule has 0 N–H and O–H groups in total. The molecule has 0 spiro atoms. The zero-order chi connectivity index (χ0) is 31.4. The van der Waals surface area contributed by atoms with Crippen LogP contribution >= 0.6 is 0 Å². The van der Waals surface area contributed by atoms with Gasteiger partial charge in [0.15, 0.2) is 0 Å². The first-order chi connectivity index (χ1) is 19.6. The molecule has 1 aliphatic rings. The number of halogens is 2. The van der Waals surface area contributed by atoms with E-state index in [2.05, 4.69) is 0 Å². The van der Waals surface area contributed by atoms with Gasteiger partial charge in [0.05, 0.1) is 13.5 Å². The summed E-state index contributed by atoms with van der Waals surface area (Å²) in [5, 5.41) is 0. The van der Waals surface area contributed by atoms with E-state index in [1.165, 1.54) is 14.2 Å². The maximum Gasteiger partial charge on any atom is 0.410 e. The van der Waals surface area contributed by atoms with Crippen LogP contribution in [0.5, 0.6) is 11.5 Å². The van der Waals surface area contributed by atoms with E-state index in [1.807, 2.05) is 26.8 Å². The first-order valence-electron chi connectivity index (χ1n) is 13.8. The van der Waals surface area contributed by atoms with Gasteiger partial charge in [-0.3, -0.25) is 14.5 Å². The number of methoxy groups -OCH3 is 1. The summed E-state index contributed by atoms with van der Waals surface area (Å²) in [4.78, 5) is 41.4. The van der Waals surface area contributed by atoms with E-state index >= 15 is 0 Å². The van der Waals surface area contributed by atoms with Crippen LogP contribution in [0.15, 0.2) is 30.3 Å². The van der Waals surface area contributed by atoms with Gasteiger partial charge >= 0.3 is 18.7 Å². The smallest absolute Gasteiger partial charge is 0.410 e. The molecule has 9 nitrogen and oxygen atoms in total. The molecule has 0 aliphatic carbocycles. The molecule has 11 heteroatoms. The van der Waals surface area contributed by atoms with Crippen molar-refractivity contribution >= 4 is 23.7 Å². The van der Waals surface area contributed by atoms with Crippen molar-refractivity contribution in [2.75, 3.05) is 25.6 Å². The van der Waals surface area contributed by atoms with Gasteiger partial charge < -0.3 is 23.8 Å².